The van der Waals surface area contributed by atoms with E-state index in [4.69, 9.17) is 11.6 Å². The van der Waals surface area contributed by atoms with Gasteiger partial charge in [0.05, 0.1) is 10.6 Å². The molecule has 0 aliphatic rings. The molecule has 1 aromatic carbocycles. The minimum Gasteiger partial charge on any atom is -0.354 e. The molecule has 0 fully saturated rings. The van der Waals surface area contributed by atoms with E-state index in [0.717, 1.165) is 17.8 Å². The lowest BCUT2D eigenvalue weighted by Crippen LogP contribution is -2.18. The average Bonchev–Trinajstić information content (AvgIpc) is 2.38. The SMILES string of the molecule is CN(Cc1ccccc1)c1ncc(C(F)(F)F)cc1Cl. The molecule has 106 valence electrons. The Bertz CT molecular complexity index is 585. The van der Waals surface area contributed by atoms with Gasteiger partial charge in [-0.1, -0.05) is 41.9 Å². The lowest BCUT2D eigenvalue weighted by molar-refractivity contribution is -0.137. The zero-order chi connectivity index (χ0) is 14.8. The molecule has 0 spiro atoms. The summed E-state index contributed by atoms with van der Waals surface area (Å²) in [6, 6.07) is 10.4. The minimum absolute atomic E-state index is 0.0155. The average molecular weight is 301 g/mol. The van der Waals surface area contributed by atoms with Crippen molar-refractivity contribution >= 4 is 17.4 Å². The van der Waals surface area contributed by atoms with Crippen LogP contribution < -0.4 is 4.90 Å². The summed E-state index contributed by atoms with van der Waals surface area (Å²) in [6.45, 7) is 0.513. The minimum atomic E-state index is -4.44. The van der Waals surface area contributed by atoms with E-state index in [0.29, 0.717) is 12.4 Å². The predicted molar refractivity (Wildman–Crippen MR) is 72.8 cm³/mol. The van der Waals surface area contributed by atoms with E-state index in [1.807, 2.05) is 30.3 Å². The molecule has 0 aliphatic heterocycles. The van der Waals surface area contributed by atoms with Crippen LogP contribution in [0.4, 0.5) is 19.0 Å². The van der Waals surface area contributed by atoms with Crippen molar-refractivity contribution in [3.05, 3.63) is 58.7 Å². The molecule has 0 N–H and O–H groups in total. The molecule has 2 rings (SSSR count). The lowest BCUT2D eigenvalue weighted by Gasteiger charge is -2.20. The van der Waals surface area contributed by atoms with E-state index in [9.17, 15) is 13.2 Å². The van der Waals surface area contributed by atoms with Crippen LogP contribution >= 0.6 is 11.6 Å². The second kappa shape index (κ2) is 5.71. The maximum absolute atomic E-state index is 12.5. The highest BCUT2D eigenvalue weighted by atomic mass is 35.5. The third-order valence-corrected chi connectivity index (χ3v) is 3.05. The molecule has 1 heterocycles. The van der Waals surface area contributed by atoms with Crippen molar-refractivity contribution in [2.45, 2.75) is 12.7 Å². The van der Waals surface area contributed by atoms with Crippen LogP contribution in [0.1, 0.15) is 11.1 Å². The lowest BCUT2D eigenvalue weighted by atomic mass is 10.2. The van der Waals surface area contributed by atoms with E-state index in [1.165, 1.54) is 0 Å². The maximum atomic E-state index is 12.5. The van der Waals surface area contributed by atoms with E-state index >= 15 is 0 Å². The van der Waals surface area contributed by atoms with E-state index in [2.05, 4.69) is 4.98 Å². The number of rotatable bonds is 3. The van der Waals surface area contributed by atoms with Gasteiger partial charge in [0, 0.05) is 19.8 Å². The van der Waals surface area contributed by atoms with E-state index < -0.39 is 11.7 Å². The fraction of sp³-hybridized carbons (Fsp3) is 0.214. The standard InChI is InChI=1S/C14H12ClF3N2/c1-20(9-10-5-3-2-4-6-10)13-12(15)7-11(8-19-13)14(16,17)18/h2-8H,9H2,1H3. The number of hydrogen-bond acceptors (Lipinski definition) is 2. The van der Waals surface area contributed by atoms with Crippen molar-refractivity contribution in [3.63, 3.8) is 0 Å². The number of aromatic nitrogens is 1. The van der Waals surface area contributed by atoms with Gasteiger partial charge >= 0.3 is 6.18 Å². The number of benzene rings is 1. The van der Waals surface area contributed by atoms with Crippen LogP contribution in [0.3, 0.4) is 0 Å². The van der Waals surface area contributed by atoms with Crippen molar-refractivity contribution in [3.8, 4) is 0 Å². The summed E-state index contributed by atoms with van der Waals surface area (Å²) < 4.78 is 37.6. The number of anilines is 1. The highest BCUT2D eigenvalue weighted by Gasteiger charge is 2.31. The third-order valence-electron chi connectivity index (χ3n) is 2.77. The molecule has 2 nitrogen and oxygen atoms in total. The first-order valence-electron chi connectivity index (χ1n) is 5.86. The van der Waals surface area contributed by atoms with Crippen LogP contribution in [0, 0.1) is 0 Å². The van der Waals surface area contributed by atoms with Crippen LogP contribution in [-0.4, -0.2) is 12.0 Å². The maximum Gasteiger partial charge on any atom is 0.417 e. The summed E-state index contributed by atoms with van der Waals surface area (Å²) in [6.07, 6.45) is -3.64. The summed E-state index contributed by atoms with van der Waals surface area (Å²) in [5, 5.41) is -0.0155. The van der Waals surface area contributed by atoms with Crippen molar-refractivity contribution in [1.82, 2.24) is 4.98 Å². The normalized spacial score (nSPS) is 11.4. The zero-order valence-electron chi connectivity index (χ0n) is 10.7. The predicted octanol–water partition coefficient (Wildman–Crippen LogP) is 4.39. The number of nitrogens with zero attached hydrogens (tertiary/aromatic N) is 2. The quantitative estimate of drug-likeness (QED) is 0.835. The van der Waals surface area contributed by atoms with Crippen molar-refractivity contribution in [1.29, 1.82) is 0 Å². The first-order chi connectivity index (χ1) is 9.38. The van der Waals surface area contributed by atoms with E-state index in [-0.39, 0.29) is 5.02 Å². The Morgan fingerprint density at radius 1 is 1.20 bits per heavy atom. The van der Waals surface area contributed by atoms with Crippen molar-refractivity contribution in [2.24, 2.45) is 0 Å². The van der Waals surface area contributed by atoms with Gasteiger partial charge in [0.15, 0.2) is 0 Å². The molecular formula is C14H12ClF3N2. The van der Waals surface area contributed by atoms with Gasteiger partial charge in [0.25, 0.3) is 0 Å². The van der Waals surface area contributed by atoms with Crippen LogP contribution in [0.5, 0.6) is 0 Å². The van der Waals surface area contributed by atoms with Gasteiger partial charge in [-0.3, -0.25) is 0 Å². The van der Waals surface area contributed by atoms with Crippen molar-refractivity contribution < 1.29 is 13.2 Å². The Morgan fingerprint density at radius 2 is 1.85 bits per heavy atom. The number of pyridine rings is 1. The van der Waals surface area contributed by atoms with Crippen molar-refractivity contribution in [2.75, 3.05) is 11.9 Å². The summed E-state index contributed by atoms with van der Waals surface area (Å²) in [7, 11) is 1.73. The second-order valence-electron chi connectivity index (χ2n) is 4.37. The molecule has 1 aromatic heterocycles. The molecule has 6 heteroatoms. The molecule has 20 heavy (non-hydrogen) atoms. The molecule has 0 bridgehead atoms. The molecule has 0 unspecified atom stereocenters. The van der Waals surface area contributed by atoms with E-state index in [1.54, 1.807) is 11.9 Å². The zero-order valence-corrected chi connectivity index (χ0v) is 11.4. The van der Waals surface area contributed by atoms with Crippen LogP contribution in [0.2, 0.25) is 5.02 Å². The summed E-state index contributed by atoms with van der Waals surface area (Å²) >= 11 is 5.89. The Morgan fingerprint density at radius 3 is 2.40 bits per heavy atom. The molecule has 2 aromatic rings. The Labute approximate surface area is 119 Å². The Kier molecular flexibility index (Phi) is 4.18. The molecule has 0 radical (unpaired) electrons. The van der Waals surface area contributed by atoms with Crippen LogP contribution in [0.25, 0.3) is 0 Å². The van der Waals surface area contributed by atoms with Gasteiger partial charge < -0.3 is 4.90 Å². The topological polar surface area (TPSA) is 16.1 Å². The first-order valence-corrected chi connectivity index (χ1v) is 6.23. The van der Waals surface area contributed by atoms with Gasteiger partial charge in [-0.2, -0.15) is 13.2 Å². The Balaban J connectivity index is 2.21. The smallest absolute Gasteiger partial charge is 0.354 e. The van der Waals surface area contributed by atoms with Gasteiger partial charge in [-0.15, -0.1) is 0 Å². The summed E-state index contributed by atoms with van der Waals surface area (Å²) in [5.74, 6) is 0.323. The highest BCUT2D eigenvalue weighted by Crippen LogP contribution is 2.33. The summed E-state index contributed by atoms with van der Waals surface area (Å²) in [4.78, 5) is 5.52. The second-order valence-corrected chi connectivity index (χ2v) is 4.78. The fourth-order valence-corrected chi connectivity index (χ4v) is 2.11. The molecule has 0 saturated heterocycles. The molecule has 0 amide bonds. The highest BCUT2D eigenvalue weighted by molar-refractivity contribution is 6.33. The molecule has 0 saturated carbocycles. The van der Waals surface area contributed by atoms with Gasteiger partial charge in [-0.05, 0) is 11.6 Å². The van der Waals surface area contributed by atoms with Crippen LogP contribution in [0.15, 0.2) is 42.6 Å². The van der Waals surface area contributed by atoms with Crippen LogP contribution in [-0.2, 0) is 12.7 Å². The molecule has 0 atom stereocenters. The molecular weight excluding hydrogens is 289 g/mol. The number of hydrogen-bond donors (Lipinski definition) is 0. The number of halogens is 4. The first kappa shape index (κ1) is 14.7. The van der Waals surface area contributed by atoms with Gasteiger partial charge in [0.1, 0.15) is 5.82 Å². The van der Waals surface area contributed by atoms with Gasteiger partial charge in [-0.25, -0.2) is 4.98 Å². The molecule has 0 aliphatic carbocycles. The fourth-order valence-electron chi connectivity index (χ4n) is 1.80. The summed E-state index contributed by atoms with van der Waals surface area (Å²) in [5.41, 5.74) is 0.173. The largest absolute Gasteiger partial charge is 0.417 e. The third kappa shape index (κ3) is 3.42. The van der Waals surface area contributed by atoms with Gasteiger partial charge in [0.2, 0.25) is 0 Å². The number of alkyl halides is 3. The Hall–Kier alpha value is -1.75. The monoisotopic (exact) mass is 300 g/mol.